The summed E-state index contributed by atoms with van der Waals surface area (Å²) in [7, 11) is 0. The van der Waals surface area contributed by atoms with Gasteiger partial charge in [-0.3, -0.25) is 9.78 Å². The highest BCUT2D eigenvalue weighted by Gasteiger charge is 2.12. The molecule has 0 saturated carbocycles. The smallest absolute Gasteiger partial charge is 0.255 e. The molecular formula is C27H23N5OS. The molecule has 0 spiro atoms. The monoisotopic (exact) mass is 465 g/mol. The number of thiophene rings is 1. The Labute approximate surface area is 201 Å². The quantitative estimate of drug-likeness (QED) is 0.296. The number of amides is 1. The molecule has 5 rings (SSSR count). The number of carbonyl (C=O) groups is 1. The van der Waals surface area contributed by atoms with Crippen molar-refractivity contribution in [3.63, 3.8) is 0 Å². The van der Waals surface area contributed by atoms with Crippen molar-refractivity contribution in [2.75, 3.05) is 10.6 Å². The Morgan fingerprint density at radius 2 is 1.79 bits per heavy atom. The average molecular weight is 466 g/mol. The summed E-state index contributed by atoms with van der Waals surface area (Å²) in [5.41, 5.74) is 8.52. The second kappa shape index (κ2) is 9.33. The first-order valence-corrected chi connectivity index (χ1v) is 11.8. The molecule has 2 aromatic carbocycles. The largest absolute Gasteiger partial charge is 0.352 e. The normalized spacial score (nSPS) is 10.8. The molecule has 168 valence electrons. The molecule has 1 amide bonds. The van der Waals surface area contributed by atoms with Crippen LogP contribution in [0.25, 0.3) is 16.8 Å². The van der Waals surface area contributed by atoms with Crippen molar-refractivity contribution in [1.29, 1.82) is 0 Å². The minimum absolute atomic E-state index is 0.194. The van der Waals surface area contributed by atoms with Crippen molar-refractivity contribution in [3.8, 4) is 16.8 Å². The summed E-state index contributed by atoms with van der Waals surface area (Å²) in [5.74, 6) is -0.194. The number of hydrogen-bond donors (Lipinski definition) is 2. The zero-order valence-electron chi connectivity index (χ0n) is 18.8. The molecule has 0 fully saturated rings. The van der Waals surface area contributed by atoms with Crippen LogP contribution in [0, 0.1) is 13.8 Å². The number of aromatic nitrogens is 3. The molecule has 0 bridgehead atoms. The maximum Gasteiger partial charge on any atom is 0.255 e. The molecule has 0 aliphatic heterocycles. The van der Waals surface area contributed by atoms with E-state index in [4.69, 9.17) is 0 Å². The van der Waals surface area contributed by atoms with Gasteiger partial charge in [0, 0.05) is 28.1 Å². The fourth-order valence-electron chi connectivity index (χ4n) is 3.78. The van der Waals surface area contributed by atoms with Crippen LogP contribution in [0.2, 0.25) is 0 Å². The zero-order chi connectivity index (χ0) is 23.5. The van der Waals surface area contributed by atoms with Gasteiger partial charge in [0.2, 0.25) is 0 Å². The maximum absolute atomic E-state index is 12.7. The van der Waals surface area contributed by atoms with Gasteiger partial charge in [0.1, 0.15) is 0 Å². The fourth-order valence-corrected chi connectivity index (χ4v) is 4.56. The first-order valence-electron chi connectivity index (χ1n) is 10.8. The summed E-state index contributed by atoms with van der Waals surface area (Å²) in [6.07, 6.45) is 7.08. The van der Waals surface area contributed by atoms with E-state index in [1.807, 2.05) is 37.4 Å². The predicted octanol–water partition coefficient (Wildman–Crippen LogP) is 6.61. The van der Waals surface area contributed by atoms with Gasteiger partial charge >= 0.3 is 0 Å². The van der Waals surface area contributed by atoms with E-state index >= 15 is 0 Å². The lowest BCUT2D eigenvalue weighted by Crippen LogP contribution is -2.12. The third kappa shape index (κ3) is 4.60. The summed E-state index contributed by atoms with van der Waals surface area (Å²) >= 11 is 1.66. The van der Waals surface area contributed by atoms with Crippen molar-refractivity contribution >= 4 is 34.3 Å². The SMILES string of the molecule is Cc1cncc(NC(=O)c2cccc(-n3cc(Nc4cscc4-c4ccccc4C)cn3)c2)c1. The minimum Gasteiger partial charge on any atom is -0.352 e. The van der Waals surface area contributed by atoms with E-state index in [9.17, 15) is 4.79 Å². The predicted molar refractivity (Wildman–Crippen MR) is 138 cm³/mol. The van der Waals surface area contributed by atoms with Crippen LogP contribution in [0.1, 0.15) is 21.5 Å². The number of anilines is 3. The van der Waals surface area contributed by atoms with E-state index in [-0.39, 0.29) is 5.91 Å². The number of nitrogens with zero attached hydrogens (tertiary/aromatic N) is 3. The number of hydrogen-bond acceptors (Lipinski definition) is 5. The van der Waals surface area contributed by atoms with Gasteiger partial charge in [-0.05, 0) is 54.8 Å². The Kier molecular flexibility index (Phi) is 5.93. The van der Waals surface area contributed by atoms with Gasteiger partial charge in [0.15, 0.2) is 0 Å². The number of carbonyl (C=O) groups excluding carboxylic acids is 1. The van der Waals surface area contributed by atoms with Crippen LogP contribution >= 0.6 is 11.3 Å². The molecule has 34 heavy (non-hydrogen) atoms. The molecule has 0 atom stereocenters. The Hall–Kier alpha value is -4.23. The molecule has 0 saturated heterocycles. The number of aryl methyl sites for hydroxylation is 2. The Balaban J connectivity index is 1.35. The summed E-state index contributed by atoms with van der Waals surface area (Å²) in [6.45, 7) is 4.06. The number of nitrogens with one attached hydrogen (secondary N) is 2. The van der Waals surface area contributed by atoms with Gasteiger partial charge in [-0.2, -0.15) is 5.10 Å². The molecule has 0 radical (unpaired) electrons. The molecule has 0 aliphatic rings. The van der Waals surface area contributed by atoms with Gasteiger partial charge in [0.25, 0.3) is 5.91 Å². The third-order valence-electron chi connectivity index (χ3n) is 5.46. The number of rotatable bonds is 6. The van der Waals surface area contributed by atoms with Crippen LogP contribution in [0.4, 0.5) is 17.1 Å². The van der Waals surface area contributed by atoms with Crippen LogP contribution in [0.3, 0.4) is 0 Å². The Morgan fingerprint density at radius 3 is 2.65 bits per heavy atom. The average Bonchev–Trinajstić information content (AvgIpc) is 3.50. The minimum atomic E-state index is -0.194. The summed E-state index contributed by atoms with van der Waals surface area (Å²) in [5, 5.41) is 15.1. The van der Waals surface area contributed by atoms with Crippen molar-refractivity contribution < 1.29 is 4.79 Å². The van der Waals surface area contributed by atoms with Crippen LogP contribution < -0.4 is 10.6 Å². The molecule has 5 aromatic rings. The lowest BCUT2D eigenvalue weighted by molar-refractivity contribution is 0.102. The first kappa shape index (κ1) is 21.6. The highest BCUT2D eigenvalue weighted by atomic mass is 32.1. The first-order chi connectivity index (χ1) is 16.6. The van der Waals surface area contributed by atoms with Gasteiger partial charge in [0.05, 0.1) is 41.3 Å². The summed E-state index contributed by atoms with van der Waals surface area (Å²) in [4.78, 5) is 16.9. The van der Waals surface area contributed by atoms with Crippen molar-refractivity contribution in [2.45, 2.75) is 13.8 Å². The van der Waals surface area contributed by atoms with Crippen LogP contribution in [0.15, 0.2) is 90.1 Å². The molecule has 6 nitrogen and oxygen atoms in total. The van der Waals surface area contributed by atoms with Crippen LogP contribution in [-0.2, 0) is 0 Å². The Bertz CT molecular complexity index is 1470. The van der Waals surface area contributed by atoms with E-state index in [0.29, 0.717) is 11.3 Å². The molecule has 0 unspecified atom stereocenters. The molecular weight excluding hydrogens is 442 g/mol. The van der Waals surface area contributed by atoms with Crippen LogP contribution in [-0.4, -0.2) is 20.7 Å². The molecule has 0 aliphatic carbocycles. The highest BCUT2D eigenvalue weighted by molar-refractivity contribution is 7.08. The Morgan fingerprint density at radius 1 is 0.912 bits per heavy atom. The van der Waals surface area contributed by atoms with E-state index < -0.39 is 0 Å². The lowest BCUT2D eigenvalue weighted by Gasteiger charge is -2.09. The van der Waals surface area contributed by atoms with E-state index in [2.05, 4.69) is 62.7 Å². The standard InChI is InChI=1S/C27H23N5OS/c1-18-10-21(13-28-12-18)31-27(33)20-7-5-8-23(11-20)32-15-22(14-29-32)30-26-17-34-16-25(26)24-9-4-3-6-19(24)2/h3-17,30H,1-2H3,(H,31,33). The topological polar surface area (TPSA) is 71.8 Å². The van der Waals surface area contributed by atoms with Crippen molar-refractivity contribution in [3.05, 3.63) is 107 Å². The molecule has 7 heteroatoms. The summed E-state index contributed by atoms with van der Waals surface area (Å²) < 4.78 is 1.76. The van der Waals surface area contributed by atoms with Crippen molar-refractivity contribution in [2.24, 2.45) is 0 Å². The highest BCUT2D eigenvalue weighted by Crippen LogP contribution is 2.35. The van der Waals surface area contributed by atoms with Crippen LogP contribution in [0.5, 0.6) is 0 Å². The number of benzene rings is 2. The lowest BCUT2D eigenvalue weighted by atomic mass is 10.0. The molecule has 2 N–H and O–H groups in total. The van der Waals surface area contributed by atoms with E-state index in [1.165, 1.54) is 16.7 Å². The van der Waals surface area contributed by atoms with Gasteiger partial charge in [-0.15, -0.1) is 11.3 Å². The van der Waals surface area contributed by atoms with E-state index in [1.54, 1.807) is 40.7 Å². The molecule has 3 heterocycles. The van der Waals surface area contributed by atoms with Gasteiger partial charge < -0.3 is 10.6 Å². The second-order valence-electron chi connectivity index (χ2n) is 8.07. The number of pyridine rings is 1. The second-order valence-corrected chi connectivity index (χ2v) is 8.81. The zero-order valence-corrected chi connectivity index (χ0v) is 19.6. The third-order valence-corrected chi connectivity index (χ3v) is 6.21. The van der Waals surface area contributed by atoms with E-state index in [0.717, 1.165) is 22.6 Å². The fraction of sp³-hybridized carbons (Fsp3) is 0.0741. The van der Waals surface area contributed by atoms with Gasteiger partial charge in [-0.1, -0.05) is 30.3 Å². The molecule has 3 aromatic heterocycles. The van der Waals surface area contributed by atoms with Gasteiger partial charge in [-0.25, -0.2) is 4.68 Å². The summed E-state index contributed by atoms with van der Waals surface area (Å²) in [6, 6.07) is 17.6. The maximum atomic E-state index is 12.7. The van der Waals surface area contributed by atoms with Crippen molar-refractivity contribution in [1.82, 2.24) is 14.8 Å².